The molecule has 0 aromatic carbocycles. The lowest BCUT2D eigenvalue weighted by molar-refractivity contribution is -0.128. The zero-order chi connectivity index (χ0) is 19.3. The van der Waals surface area contributed by atoms with Gasteiger partial charge in [-0.15, -0.1) is 0 Å². The number of ether oxygens (including phenoxy) is 1. The van der Waals surface area contributed by atoms with Crippen molar-refractivity contribution in [2.24, 2.45) is 11.8 Å². The van der Waals surface area contributed by atoms with Gasteiger partial charge in [0.1, 0.15) is 18.7 Å². The fourth-order valence-electron chi connectivity index (χ4n) is 2.87. The molecule has 0 radical (unpaired) electrons. The first-order valence-corrected chi connectivity index (χ1v) is 10.1. The fraction of sp³-hybridized carbons (Fsp3) is 0.632. The van der Waals surface area contributed by atoms with Crippen LogP contribution in [0.1, 0.15) is 50.9 Å². The summed E-state index contributed by atoms with van der Waals surface area (Å²) in [4.78, 5) is 37.3. The van der Waals surface area contributed by atoms with Crippen LogP contribution in [0.15, 0.2) is 16.8 Å². The minimum absolute atomic E-state index is 0.0256. The Kier molecular flexibility index (Phi) is 7.34. The van der Waals surface area contributed by atoms with Crippen molar-refractivity contribution in [2.45, 2.75) is 58.7 Å². The van der Waals surface area contributed by atoms with Gasteiger partial charge in [0, 0.05) is 5.38 Å². The first kappa shape index (κ1) is 20.6. The first-order chi connectivity index (χ1) is 12.3. The van der Waals surface area contributed by atoms with Crippen molar-refractivity contribution in [3.8, 4) is 0 Å². The van der Waals surface area contributed by atoms with E-state index in [0.29, 0.717) is 24.3 Å². The molecule has 26 heavy (non-hydrogen) atoms. The van der Waals surface area contributed by atoms with E-state index in [1.54, 1.807) is 11.4 Å². The highest BCUT2D eigenvalue weighted by atomic mass is 32.1. The molecule has 1 saturated heterocycles. The lowest BCUT2D eigenvalue weighted by Gasteiger charge is -2.26. The van der Waals surface area contributed by atoms with E-state index in [-0.39, 0.29) is 36.2 Å². The molecule has 1 aromatic rings. The van der Waals surface area contributed by atoms with Crippen molar-refractivity contribution < 1.29 is 19.1 Å². The second-order valence-electron chi connectivity index (χ2n) is 7.21. The summed E-state index contributed by atoms with van der Waals surface area (Å²) in [6.45, 7) is 8.17. The lowest BCUT2D eigenvalue weighted by atomic mass is 9.90. The zero-order valence-corrected chi connectivity index (χ0v) is 16.6. The molecule has 0 saturated carbocycles. The highest BCUT2D eigenvalue weighted by molar-refractivity contribution is 7.08. The first-order valence-electron chi connectivity index (χ1n) is 9.11. The Labute approximate surface area is 158 Å². The number of nitrogens with one attached hydrogen (secondary N) is 2. The van der Waals surface area contributed by atoms with E-state index in [4.69, 9.17) is 4.74 Å². The molecule has 0 bridgehead atoms. The summed E-state index contributed by atoms with van der Waals surface area (Å²) in [5, 5.41) is 9.20. The molecule has 2 rings (SSSR count). The van der Waals surface area contributed by atoms with Gasteiger partial charge in [0.2, 0.25) is 5.91 Å². The van der Waals surface area contributed by atoms with Gasteiger partial charge < -0.3 is 15.4 Å². The summed E-state index contributed by atoms with van der Waals surface area (Å²) in [5.74, 6) is -0.106. The number of rotatable bonds is 8. The van der Waals surface area contributed by atoms with Gasteiger partial charge in [-0.05, 0) is 36.1 Å². The maximum Gasteiger partial charge on any atom is 0.252 e. The number of carbonyl (C=O) groups is 3. The highest BCUT2D eigenvalue weighted by Gasteiger charge is 2.37. The average molecular weight is 381 g/mol. The van der Waals surface area contributed by atoms with Crippen LogP contribution in [-0.4, -0.2) is 42.4 Å². The second-order valence-corrected chi connectivity index (χ2v) is 7.99. The van der Waals surface area contributed by atoms with Crippen LogP contribution in [0.5, 0.6) is 0 Å². The van der Waals surface area contributed by atoms with Crippen LogP contribution in [0.25, 0.3) is 0 Å². The number of Topliss-reactive ketones (excluding diaryl/α,β-unsaturated/α-hetero) is 1. The molecule has 1 aliphatic heterocycles. The number of amides is 2. The van der Waals surface area contributed by atoms with Gasteiger partial charge in [0.05, 0.1) is 11.7 Å². The molecule has 1 fully saturated rings. The third kappa shape index (κ3) is 5.14. The van der Waals surface area contributed by atoms with Gasteiger partial charge in [0.25, 0.3) is 5.91 Å². The van der Waals surface area contributed by atoms with E-state index >= 15 is 0 Å². The predicted molar refractivity (Wildman–Crippen MR) is 101 cm³/mol. The van der Waals surface area contributed by atoms with Crippen molar-refractivity contribution >= 4 is 28.9 Å². The molecule has 2 heterocycles. The molecule has 144 valence electrons. The Bertz CT molecular complexity index is 629. The molecular weight excluding hydrogens is 352 g/mol. The second kappa shape index (κ2) is 9.28. The minimum Gasteiger partial charge on any atom is -0.368 e. The number of thiophene rings is 1. The van der Waals surface area contributed by atoms with Crippen LogP contribution in [0.4, 0.5) is 0 Å². The lowest BCUT2D eigenvalue weighted by Crippen LogP contribution is -2.53. The Morgan fingerprint density at radius 2 is 2.08 bits per heavy atom. The topological polar surface area (TPSA) is 84.5 Å². The number of ketones is 1. The maximum absolute atomic E-state index is 12.8. The zero-order valence-electron chi connectivity index (χ0n) is 15.8. The van der Waals surface area contributed by atoms with Gasteiger partial charge in [-0.3, -0.25) is 14.4 Å². The van der Waals surface area contributed by atoms with Gasteiger partial charge >= 0.3 is 0 Å². The maximum atomic E-state index is 12.8. The van der Waals surface area contributed by atoms with Crippen molar-refractivity contribution in [1.82, 2.24) is 10.6 Å². The summed E-state index contributed by atoms with van der Waals surface area (Å²) < 4.78 is 5.42. The van der Waals surface area contributed by atoms with Crippen LogP contribution < -0.4 is 10.6 Å². The molecule has 1 aromatic heterocycles. The van der Waals surface area contributed by atoms with Crippen molar-refractivity contribution in [2.75, 3.05) is 6.61 Å². The van der Waals surface area contributed by atoms with E-state index in [9.17, 15) is 14.4 Å². The normalized spacial score (nSPS) is 22.3. The minimum atomic E-state index is -0.689. The molecule has 0 aliphatic carbocycles. The SMILES string of the molecule is CCC1OCC(=O)C1NC(=O)C(CC(C)C(C)C)NC(=O)c1ccsc1. The smallest absolute Gasteiger partial charge is 0.252 e. The van der Waals surface area contributed by atoms with Gasteiger partial charge in [-0.1, -0.05) is 27.7 Å². The van der Waals surface area contributed by atoms with E-state index in [1.807, 2.05) is 12.3 Å². The molecule has 7 heteroatoms. The number of carbonyl (C=O) groups excluding carboxylic acids is 3. The largest absolute Gasteiger partial charge is 0.368 e. The molecule has 4 unspecified atom stereocenters. The molecule has 2 amide bonds. The van der Waals surface area contributed by atoms with Crippen LogP contribution in [-0.2, 0) is 14.3 Å². The van der Waals surface area contributed by atoms with E-state index in [1.165, 1.54) is 11.3 Å². The summed E-state index contributed by atoms with van der Waals surface area (Å²) in [6, 6.07) is 0.399. The van der Waals surface area contributed by atoms with Crippen molar-refractivity contribution in [3.05, 3.63) is 22.4 Å². The molecule has 0 spiro atoms. The Morgan fingerprint density at radius 1 is 1.35 bits per heavy atom. The quantitative estimate of drug-likeness (QED) is 0.725. The Hall–Kier alpha value is -1.73. The monoisotopic (exact) mass is 380 g/mol. The predicted octanol–water partition coefficient (Wildman–Crippen LogP) is 2.39. The highest BCUT2D eigenvalue weighted by Crippen LogP contribution is 2.19. The van der Waals surface area contributed by atoms with Gasteiger partial charge in [0.15, 0.2) is 5.78 Å². The third-order valence-electron chi connectivity index (χ3n) is 5.01. The average Bonchev–Trinajstić information content (AvgIpc) is 3.24. The van der Waals surface area contributed by atoms with E-state index in [0.717, 1.165) is 0 Å². The molecule has 6 nitrogen and oxygen atoms in total. The summed E-state index contributed by atoms with van der Waals surface area (Å²) in [7, 11) is 0. The molecule has 2 N–H and O–H groups in total. The summed E-state index contributed by atoms with van der Waals surface area (Å²) in [6.07, 6.45) is 0.852. The number of hydrogen-bond acceptors (Lipinski definition) is 5. The van der Waals surface area contributed by atoms with Gasteiger partial charge in [-0.25, -0.2) is 0 Å². The van der Waals surface area contributed by atoms with Crippen LogP contribution in [0.3, 0.4) is 0 Å². The summed E-state index contributed by atoms with van der Waals surface area (Å²) in [5.41, 5.74) is 0.539. The molecular formula is C19H28N2O4S. The van der Waals surface area contributed by atoms with Crippen molar-refractivity contribution in [3.63, 3.8) is 0 Å². The third-order valence-corrected chi connectivity index (χ3v) is 5.69. The van der Waals surface area contributed by atoms with E-state index in [2.05, 4.69) is 31.4 Å². The Morgan fingerprint density at radius 3 is 2.65 bits per heavy atom. The molecule has 4 atom stereocenters. The van der Waals surface area contributed by atoms with Gasteiger partial charge in [-0.2, -0.15) is 11.3 Å². The number of hydrogen-bond donors (Lipinski definition) is 2. The van der Waals surface area contributed by atoms with Crippen LogP contribution >= 0.6 is 11.3 Å². The van der Waals surface area contributed by atoms with Crippen molar-refractivity contribution in [1.29, 1.82) is 0 Å². The van der Waals surface area contributed by atoms with Crippen LogP contribution in [0, 0.1) is 11.8 Å². The standard InChI is InChI=1S/C19H28N2O4S/c1-5-16-17(15(22)9-25-16)21-19(24)14(8-12(4)11(2)3)20-18(23)13-6-7-26-10-13/h6-7,10-12,14,16-17H,5,8-9H2,1-4H3,(H,20,23)(H,21,24). The Balaban J connectivity index is 2.09. The van der Waals surface area contributed by atoms with E-state index < -0.39 is 12.1 Å². The fourth-order valence-corrected chi connectivity index (χ4v) is 3.51. The summed E-state index contributed by atoms with van der Waals surface area (Å²) >= 11 is 1.43. The van der Waals surface area contributed by atoms with Crippen LogP contribution in [0.2, 0.25) is 0 Å². The molecule has 1 aliphatic rings.